The zero-order valence-corrected chi connectivity index (χ0v) is 30.5. The van der Waals surface area contributed by atoms with E-state index in [0.29, 0.717) is 5.75 Å². The number of benzene rings is 4. The van der Waals surface area contributed by atoms with E-state index in [1.807, 2.05) is 42.6 Å². The Balaban J connectivity index is 0.00000386. The zero-order chi connectivity index (χ0) is 32.4. The molecule has 0 saturated heterocycles. The minimum absolute atomic E-state index is 0. The van der Waals surface area contributed by atoms with Gasteiger partial charge in [-0.15, -0.1) is 29.3 Å². The molecule has 5 heteroatoms. The van der Waals surface area contributed by atoms with Gasteiger partial charge in [0.05, 0.1) is 16.6 Å². The van der Waals surface area contributed by atoms with Crippen molar-refractivity contribution in [3.8, 4) is 45.2 Å². The van der Waals surface area contributed by atoms with Gasteiger partial charge in [-0.25, -0.2) is 4.98 Å². The molecule has 0 atom stereocenters. The van der Waals surface area contributed by atoms with Crippen LogP contribution < -0.4 is 0 Å². The van der Waals surface area contributed by atoms with E-state index in [4.69, 9.17) is 4.98 Å². The number of phenols is 1. The van der Waals surface area contributed by atoms with Gasteiger partial charge >= 0.3 is 0 Å². The fourth-order valence-electron chi connectivity index (χ4n) is 7.05. The van der Waals surface area contributed by atoms with Gasteiger partial charge in [0.1, 0.15) is 11.6 Å². The number of para-hydroxylation sites is 2. The average molecular weight is 800 g/mol. The largest absolute Gasteiger partial charge is 0.507 e. The summed E-state index contributed by atoms with van der Waals surface area (Å²) in [5.74, 6) is 1.06. The van der Waals surface area contributed by atoms with Crippen LogP contribution in [0, 0.1) is 6.07 Å². The van der Waals surface area contributed by atoms with E-state index in [0.717, 1.165) is 68.9 Å². The number of aromatic nitrogens is 3. The van der Waals surface area contributed by atoms with Gasteiger partial charge in [0.25, 0.3) is 0 Å². The van der Waals surface area contributed by atoms with E-state index < -0.39 is 0 Å². The third kappa shape index (κ3) is 5.76. The van der Waals surface area contributed by atoms with Crippen LogP contribution in [0.4, 0.5) is 0 Å². The van der Waals surface area contributed by atoms with Gasteiger partial charge in [0.2, 0.25) is 0 Å². The second-order valence-corrected chi connectivity index (χ2v) is 15.1. The Bertz CT molecular complexity index is 2090. The van der Waals surface area contributed by atoms with Gasteiger partial charge in [-0.3, -0.25) is 9.55 Å². The van der Waals surface area contributed by atoms with Crippen molar-refractivity contribution in [2.24, 2.45) is 0 Å². The molecule has 0 saturated carbocycles. The van der Waals surface area contributed by atoms with E-state index in [9.17, 15) is 5.11 Å². The molecule has 6 aromatic rings. The van der Waals surface area contributed by atoms with Crippen molar-refractivity contribution < 1.29 is 26.2 Å². The molecule has 0 fully saturated rings. The van der Waals surface area contributed by atoms with E-state index in [-0.39, 0.29) is 37.3 Å². The molecule has 1 N–H and O–H groups in total. The molecule has 2 heterocycles. The molecule has 7 rings (SSSR count). The van der Waals surface area contributed by atoms with Crippen LogP contribution in [0.25, 0.3) is 50.5 Å². The van der Waals surface area contributed by atoms with Crippen LogP contribution >= 0.6 is 0 Å². The van der Waals surface area contributed by atoms with E-state index in [1.54, 1.807) is 0 Å². The fourth-order valence-corrected chi connectivity index (χ4v) is 7.05. The number of hydrogen-bond acceptors (Lipinski definition) is 3. The molecule has 242 valence electrons. The van der Waals surface area contributed by atoms with E-state index in [1.165, 1.54) is 11.1 Å². The summed E-state index contributed by atoms with van der Waals surface area (Å²) < 4.78 is 2.19. The molecular formula is C42H42N3OPt-. The molecule has 1 aliphatic rings. The van der Waals surface area contributed by atoms with Crippen molar-refractivity contribution in [1.29, 1.82) is 0 Å². The zero-order valence-electron chi connectivity index (χ0n) is 28.3. The third-order valence-corrected chi connectivity index (χ3v) is 9.87. The van der Waals surface area contributed by atoms with Crippen molar-refractivity contribution in [2.45, 2.75) is 77.6 Å². The molecule has 0 aliphatic heterocycles. The van der Waals surface area contributed by atoms with Gasteiger partial charge in [0, 0.05) is 44.2 Å². The molecule has 0 unspecified atom stereocenters. The van der Waals surface area contributed by atoms with Gasteiger partial charge < -0.3 is 5.11 Å². The predicted octanol–water partition coefficient (Wildman–Crippen LogP) is 10.6. The summed E-state index contributed by atoms with van der Waals surface area (Å²) in [5, 5.41) is 12.2. The number of aromatic hydroxyl groups is 1. The average Bonchev–Trinajstić information content (AvgIpc) is 3.43. The monoisotopic (exact) mass is 799 g/mol. The van der Waals surface area contributed by atoms with Crippen LogP contribution in [-0.4, -0.2) is 19.6 Å². The standard InChI is InChI=1S/C42H42N3O.Pt/c1-40(2,3)29-25-27(24-28(26-29)34-17-11-12-23-43-34)31-16-13-18-35-37(31)44-39(45(35)30-14-9-8-10-15-30)32-19-20-33-36(38(32)46)42(6,7)22-21-41(33,4)5;/h8-20,23,25-26,46H,21-22H2,1-7H3;/q-1;. The molecule has 2 aromatic heterocycles. The first-order valence-corrected chi connectivity index (χ1v) is 16.3. The second-order valence-electron chi connectivity index (χ2n) is 15.1. The Kier molecular flexibility index (Phi) is 8.33. The normalized spacial score (nSPS) is 15.2. The molecular weight excluding hydrogens is 758 g/mol. The number of fused-ring (bicyclic) bond motifs is 2. The molecule has 4 aromatic carbocycles. The van der Waals surface area contributed by atoms with Crippen LogP contribution in [0.5, 0.6) is 5.75 Å². The fraction of sp³-hybridized carbons (Fsp3) is 0.286. The Morgan fingerprint density at radius 3 is 2.17 bits per heavy atom. The second kappa shape index (κ2) is 11.9. The van der Waals surface area contributed by atoms with E-state index >= 15 is 0 Å². The molecule has 0 amide bonds. The maximum absolute atomic E-state index is 12.2. The first kappa shape index (κ1) is 32.9. The van der Waals surface area contributed by atoms with Crippen molar-refractivity contribution in [3.05, 3.63) is 120 Å². The maximum atomic E-state index is 12.2. The minimum Gasteiger partial charge on any atom is -0.507 e. The van der Waals surface area contributed by atoms with Crippen LogP contribution in [0.3, 0.4) is 0 Å². The summed E-state index contributed by atoms with van der Waals surface area (Å²) in [6.07, 6.45) is 3.93. The Morgan fingerprint density at radius 2 is 1.47 bits per heavy atom. The molecule has 0 bridgehead atoms. The van der Waals surface area contributed by atoms with Gasteiger partial charge in [-0.05, 0) is 65.0 Å². The van der Waals surface area contributed by atoms with Crippen LogP contribution in [0.1, 0.15) is 78.0 Å². The summed E-state index contributed by atoms with van der Waals surface area (Å²) >= 11 is 0. The summed E-state index contributed by atoms with van der Waals surface area (Å²) in [6, 6.07) is 35.1. The van der Waals surface area contributed by atoms with Crippen molar-refractivity contribution in [3.63, 3.8) is 0 Å². The number of imidazole rings is 1. The Hall–Kier alpha value is -4.01. The topological polar surface area (TPSA) is 50.9 Å². The summed E-state index contributed by atoms with van der Waals surface area (Å²) in [4.78, 5) is 10.0. The summed E-state index contributed by atoms with van der Waals surface area (Å²) in [7, 11) is 0. The SMILES string of the molecule is CC(C)(C)c1cc(-c2ccccn2)[c-]c(-c2cccc3c2nc(-c2ccc4c(c2O)C(C)(C)CCC4(C)C)n3-c2ccccc2)c1.[Pt]. The first-order valence-electron chi connectivity index (χ1n) is 16.3. The van der Waals surface area contributed by atoms with Gasteiger partial charge in [-0.2, -0.15) is 0 Å². The molecule has 4 nitrogen and oxygen atoms in total. The minimum atomic E-state index is -0.149. The molecule has 0 radical (unpaired) electrons. The molecule has 0 spiro atoms. The smallest absolute Gasteiger partial charge is 0.148 e. The summed E-state index contributed by atoms with van der Waals surface area (Å²) in [5.41, 5.74) is 10.6. The predicted molar refractivity (Wildman–Crippen MR) is 190 cm³/mol. The Labute approximate surface area is 293 Å². The van der Waals surface area contributed by atoms with E-state index in [2.05, 4.69) is 119 Å². The van der Waals surface area contributed by atoms with Crippen LogP contribution in [0.15, 0.2) is 97.2 Å². The molecule has 47 heavy (non-hydrogen) atoms. The number of pyridine rings is 1. The van der Waals surface area contributed by atoms with Gasteiger partial charge in [0.15, 0.2) is 0 Å². The molecule has 1 aliphatic carbocycles. The Morgan fingerprint density at radius 1 is 0.766 bits per heavy atom. The van der Waals surface area contributed by atoms with Gasteiger partial charge in [-0.1, -0.05) is 108 Å². The van der Waals surface area contributed by atoms with Crippen molar-refractivity contribution in [1.82, 2.24) is 14.5 Å². The van der Waals surface area contributed by atoms with Crippen molar-refractivity contribution in [2.75, 3.05) is 0 Å². The summed E-state index contributed by atoms with van der Waals surface area (Å²) in [6.45, 7) is 15.8. The maximum Gasteiger partial charge on any atom is 0.148 e. The van der Waals surface area contributed by atoms with Crippen molar-refractivity contribution >= 4 is 11.0 Å². The van der Waals surface area contributed by atoms with Crippen LogP contribution in [0.2, 0.25) is 0 Å². The third-order valence-electron chi connectivity index (χ3n) is 9.87. The number of rotatable bonds is 4. The first-order chi connectivity index (χ1) is 21.8. The number of phenolic OH excluding ortho intramolecular Hbond substituents is 1. The quantitative estimate of drug-likeness (QED) is 0.181. The van der Waals surface area contributed by atoms with Crippen LogP contribution in [-0.2, 0) is 37.3 Å². The number of nitrogens with zero attached hydrogens (tertiary/aromatic N) is 3. The number of hydrogen-bond donors (Lipinski definition) is 1.